The van der Waals surface area contributed by atoms with Gasteiger partial charge < -0.3 is 4.57 Å². The first-order valence-corrected chi connectivity index (χ1v) is 5.30. The number of nitrogens with two attached hydrogens (primary N) is 1. The SMILES string of the molecule is NNC(=O)CCn1ccc(=O)c2ccccc21. The number of amides is 1. The molecular weight excluding hydrogens is 218 g/mol. The lowest BCUT2D eigenvalue weighted by Crippen LogP contribution is -2.30. The number of rotatable bonds is 3. The average Bonchev–Trinajstić information content (AvgIpc) is 2.38. The molecule has 0 fully saturated rings. The van der Waals surface area contributed by atoms with Gasteiger partial charge in [-0.15, -0.1) is 0 Å². The molecule has 3 N–H and O–H groups in total. The molecule has 2 rings (SSSR count). The summed E-state index contributed by atoms with van der Waals surface area (Å²) < 4.78 is 1.87. The number of benzene rings is 1. The molecular formula is C12H13N3O2. The van der Waals surface area contributed by atoms with Crippen LogP contribution in [0.15, 0.2) is 41.3 Å². The fourth-order valence-electron chi connectivity index (χ4n) is 1.75. The van der Waals surface area contributed by atoms with Crippen LogP contribution < -0.4 is 16.7 Å². The number of pyridine rings is 1. The molecule has 0 spiro atoms. The van der Waals surface area contributed by atoms with E-state index in [1.807, 2.05) is 22.8 Å². The summed E-state index contributed by atoms with van der Waals surface area (Å²) in [6.07, 6.45) is 1.97. The topological polar surface area (TPSA) is 77.1 Å². The van der Waals surface area contributed by atoms with Gasteiger partial charge in [-0.2, -0.15) is 0 Å². The van der Waals surface area contributed by atoms with Gasteiger partial charge in [-0.3, -0.25) is 15.0 Å². The Morgan fingerprint density at radius 3 is 2.82 bits per heavy atom. The first-order chi connectivity index (χ1) is 8.22. The molecule has 0 unspecified atom stereocenters. The van der Waals surface area contributed by atoms with E-state index >= 15 is 0 Å². The van der Waals surface area contributed by atoms with Gasteiger partial charge in [0.1, 0.15) is 0 Å². The van der Waals surface area contributed by atoms with Crippen LogP contribution in [-0.2, 0) is 11.3 Å². The molecule has 2 aromatic rings. The molecule has 0 saturated carbocycles. The second-order valence-electron chi connectivity index (χ2n) is 3.71. The fraction of sp³-hybridized carbons (Fsp3) is 0.167. The predicted molar refractivity (Wildman–Crippen MR) is 65.2 cm³/mol. The first-order valence-electron chi connectivity index (χ1n) is 5.30. The Labute approximate surface area is 97.8 Å². The van der Waals surface area contributed by atoms with Crippen LogP contribution in [0, 0.1) is 0 Å². The van der Waals surface area contributed by atoms with Gasteiger partial charge in [0.25, 0.3) is 0 Å². The number of para-hydroxylation sites is 1. The van der Waals surface area contributed by atoms with Crippen LogP contribution in [-0.4, -0.2) is 10.5 Å². The highest BCUT2D eigenvalue weighted by molar-refractivity contribution is 5.79. The normalized spacial score (nSPS) is 10.4. The average molecular weight is 231 g/mol. The number of aryl methyl sites for hydroxylation is 1. The Hall–Kier alpha value is -2.14. The lowest BCUT2D eigenvalue weighted by Gasteiger charge is -2.09. The molecule has 5 nitrogen and oxygen atoms in total. The maximum Gasteiger partial charge on any atom is 0.235 e. The lowest BCUT2D eigenvalue weighted by atomic mass is 10.2. The second kappa shape index (κ2) is 4.80. The highest BCUT2D eigenvalue weighted by Gasteiger charge is 2.03. The smallest absolute Gasteiger partial charge is 0.235 e. The standard InChI is InChI=1S/C12H13N3O2/c13-14-12(17)6-8-15-7-5-11(16)9-3-1-2-4-10(9)15/h1-5,7H,6,8,13H2,(H,14,17). The number of carbonyl (C=O) groups excluding carboxylic acids is 1. The highest BCUT2D eigenvalue weighted by Crippen LogP contribution is 2.09. The molecule has 1 aromatic carbocycles. The molecule has 0 bridgehead atoms. The van der Waals surface area contributed by atoms with E-state index < -0.39 is 0 Å². The van der Waals surface area contributed by atoms with Crippen molar-refractivity contribution in [1.29, 1.82) is 0 Å². The maximum atomic E-state index is 11.6. The van der Waals surface area contributed by atoms with Crippen LogP contribution in [0.2, 0.25) is 0 Å². The zero-order valence-corrected chi connectivity index (χ0v) is 9.22. The van der Waals surface area contributed by atoms with E-state index in [1.54, 1.807) is 12.3 Å². The van der Waals surface area contributed by atoms with Crippen molar-refractivity contribution < 1.29 is 4.79 Å². The summed E-state index contributed by atoms with van der Waals surface area (Å²) in [6, 6.07) is 8.82. The van der Waals surface area contributed by atoms with Crippen molar-refractivity contribution in [2.75, 3.05) is 0 Å². The van der Waals surface area contributed by atoms with E-state index in [4.69, 9.17) is 5.84 Å². The molecule has 5 heteroatoms. The summed E-state index contributed by atoms with van der Waals surface area (Å²) in [7, 11) is 0. The van der Waals surface area contributed by atoms with Gasteiger partial charge in [0.15, 0.2) is 5.43 Å². The Bertz CT molecular complexity index is 604. The lowest BCUT2D eigenvalue weighted by molar-refractivity contribution is -0.121. The number of hydrogen-bond acceptors (Lipinski definition) is 3. The number of aromatic nitrogens is 1. The molecule has 1 heterocycles. The van der Waals surface area contributed by atoms with Crippen LogP contribution in [0.3, 0.4) is 0 Å². The maximum absolute atomic E-state index is 11.6. The summed E-state index contributed by atoms with van der Waals surface area (Å²) in [5.74, 6) is 4.79. The van der Waals surface area contributed by atoms with Crippen LogP contribution in [0.5, 0.6) is 0 Å². The summed E-state index contributed by atoms with van der Waals surface area (Å²) in [5, 5.41) is 0.656. The number of nitrogens with zero attached hydrogens (tertiary/aromatic N) is 1. The molecule has 0 atom stereocenters. The Kier molecular flexibility index (Phi) is 3.20. The number of fused-ring (bicyclic) bond motifs is 1. The van der Waals surface area contributed by atoms with Crippen molar-refractivity contribution in [2.24, 2.45) is 5.84 Å². The quantitative estimate of drug-likeness (QED) is 0.455. The van der Waals surface area contributed by atoms with Crippen molar-refractivity contribution in [3.8, 4) is 0 Å². The Morgan fingerprint density at radius 2 is 2.06 bits per heavy atom. The number of hydrogen-bond donors (Lipinski definition) is 2. The van der Waals surface area contributed by atoms with E-state index in [-0.39, 0.29) is 17.8 Å². The van der Waals surface area contributed by atoms with Crippen molar-refractivity contribution in [3.63, 3.8) is 0 Å². The van der Waals surface area contributed by atoms with Gasteiger partial charge in [0.05, 0.1) is 5.52 Å². The van der Waals surface area contributed by atoms with E-state index in [9.17, 15) is 9.59 Å². The minimum absolute atomic E-state index is 0.0138. The van der Waals surface area contributed by atoms with Gasteiger partial charge in [-0.05, 0) is 12.1 Å². The molecule has 1 amide bonds. The highest BCUT2D eigenvalue weighted by atomic mass is 16.2. The minimum atomic E-state index is -0.229. The third-order valence-electron chi connectivity index (χ3n) is 2.63. The Balaban J connectivity index is 2.38. The van der Waals surface area contributed by atoms with E-state index in [1.165, 1.54) is 6.07 Å². The second-order valence-corrected chi connectivity index (χ2v) is 3.71. The van der Waals surface area contributed by atoms with Gasteiger partial charge in [-0.25, -0.2) is 5.84 Å². The van der Waals surface area contributed by atoms with Crippen molar-refractivity contribution in [3.05, 3.63) is 46.8 Å². The predicted octanol–water partition coefficient (Wildman–Crippen LogP) is 0.381. The summed E-state index contributed by atoms with van der Waals surface area (Å²) in [6.45, 7) is 0.490. The van der Waals surface area contributed by atoms with Crippen LogP contribution >= 0.6 is 0 Å². The summed E-state index contributed by atoms with van der Waals surface area (Å²) >= 11 is 0. The number of hydrazine groups is 1. The largest absolute Gasteiger partial charge is 0.347 e. The van der Waals surface area contributed by atoms with Crippen molar-refractivity contribution in [2.45, 2.75) is 13.0 Å². The number of carbonyl (C=O) groups is 1. The van der Waals surface area contributed by atoms with E-state index in [0.29, 0.717) is 11.9 Å². The van der Waals surface area contributed by atoms with E-state index in [0.717, 1.165) is 5.52 Å². The molecule has 17 heavy (non-hydrogen) atoms. The van der Waals surface area contributed by atoms with Gasteiger partial charge in [0.2, 0.25) is 5.91 Å². The van der Waals surface area contributed by atoms with Crippen LogP contribution in [0.25, 0.3) is 10.9 Å². The molecule has 1 aromatic heterocycles. The molecule has 0 aliphatic carbocycles. The number of nitrogens with one attached hydrogen (secondary N) is 1. The summed E-state index contributed by atoms with van der Waals surface area (Å²) in [4.78, 5) is 22.7. The van der Waals surface area contributed by atoms with Crippen molar-refractivity contribution >= 4 is 16.8 Å². The fourth-order valence-corrected chi connectivity index (χ4v) is 1.75. The zero-order chi connectivity index (χ0) is 12.3. The molecule has 0 aliphatic rings. The van der Waals surface area contributed by atoms with Crippen LogP contribution in [0.1, 0.15) is 6.42 Å². The van der Waals surface area contributed by atoms with E-state index in [2.05, 4.69) is 5.43 Å². The minimum Gasteiger partial charge on any atom is -0.347 e. The molecule has 88 valence electrons. The van der Waals surface area contributed by atoms with Gasteiger partial charge >= 0.3 is 0 Å². The third-order valence-corrected chi connectivity index (χ3v) is 2.63. The monoisotopic (exact) mass is 231 g/mol. The first kappa shape index (κ1) is 11.3. The third kappa shape index (κ3) is 2.34. The molecule has 0 saturated heterocycles. The van der Waals surface area contributed by atoms with Gasteiger partial charge in [-0.1, -0.05) is 12.1 Å². The Morgan fingerprint density at radius 1 is 1.29 bits per heavy atom. The molecule has 0 radical (unpaired) electrons. The van der Waals surface area contributed by atoms with Crippen LogP contribution in [0.4, 0.5) is 0 Å². The van der Waals surface area contributed by atoms with Gasteiger partial charge in [0, 0.05) is 30.6 Å². The van der Waals surface area contributed by atoms with Crippen molar-refractivity contribution in [1.82, 2.24) is 9.99 Å². The molecule has 0 aliphatic heterocycles. The zero-order valence-electron chi connectivity index (χ0n) is 9.22. The summed E-state index contributed by atoms with van der Waals surface area (Å²) in [5.41, 5.74) is 2.89.